The molecule has 0 aliphatic rings. The second kappa shape index (κ2) is 13.5. The highest BCUT2D eigenvalue weighted by molar-refractivity contribution is 7.99. The van der Waals surface area contributed by atoms with Crippen molar-refractivity contribution in [1.29, 1.82) is 0 Å². The van der Waals surface area contributed by atoms with Crippen LogP contribution in [0.15, 0.2) is 78.9 Å². The number of ether oxygens (including phenoxy) is 1. The number of aryl methyl sites for hydroxylation is 1. The topological polar surface area (TPSA) is 103 Å². The summed E-state index contributed by atoms with van der Waals surface area (Å²) in [7, 11) is 0. The molecule has 2 unspecified atom stereocenters. The number of halogens is 1. The third kappa shape index (κ3) is 7.74. The van der Waals surface area contributed by atoms with E-state index in [0.717, 1.165) is 27.7 Å². The molecule has 4 aromatic rings. The molecule has 0 radical (unpaired) electrons. The Bertz CT molecular complexity index is 1460. The first kappa shape index (κ1) is 28.5. The Hall–Kier alpha value is -3.55. The number of benzene rings is 3. The molecular weight excluding hydrogens is 532 g/mol. The number of hydrogen-bond acceptors (Lipinski definition) is 5. The zero-order valence-electron chi connectivity index (χ0n) is 21.7. The van der Waals surface area contributed by atoms with Crippen LogP contribution in [0, 0.1) is 5.92 Å². The van der Waals surface area contributed by atoms with E-state index in [9.17, 15) is 14.7 Å². The highest BCUT2D eigenvalue weighted by Crippen LogP contribution is 2.37. The predicted octanol–water partition coefficient (Wildman–Crippen LogP) is 7.08. The summed E-state index contributed by atoms with van der Waals surface area (Å²) in [6.45, 7) is 2.26. The van der Waals surface area contributed by atoms with E-state index in [2.05, 4.69) is 4.98 Å². The molecule has 202 valence electrons. The summed E-state index contributed by atoms with van der Waals surface area (Å²) in [4.78, 5) is 28.2. The Morgan fingerprint density at radius 3 is 2.62 bits per heavy atom. The van der Waals surface area contributed by atoms with Gasteiger partial charge in [-0.3, -0.25) is 4.79 Å². The summed E-state index contributed by atoms with van der Waals surface area (Å²) >= 11 is 7.79. The van der Waals surface area contributed by atoms with Gasteiger partial charge in [0.15, 0.2) is 0 Å². The van der Waals surface area contributed by atoms with Gasteiger partial charge in [0, 0.05) is 27.3 Å². The number of hydrogen-bond donors (Lipinski definition) is 2. The van der Waals surface area contributed by atoms with Gasteiger partial charge in [-0.1, -0.05) is 61.0 Å². The van der Waals surface area contributed by atoms with E-state index < -0.39 is 5.97 Å². The molecule has 39 heavy (non-hydrogen) atoms. The van der Waals surface area contributed by atoms with Gasteiger partial charge in [-0.05, 0) is 66.8 Å². The molecule has 1 amide bonds. The first-order chi connectivity index (χ1) is 18.8. The number of aromatic nitrogens is 1. The van der Waals surface area contributed by atoms with E-state index in [1.807, 2.05) is 73.7 Å². The van der Waals surface area contributed by atoms with Gasteiger partial charge in [0.25, 0.3) is 0 Å². The third-order valence-electron chi connectivity index (χ3n) is 6.65. The number of carboxylic acids is 1. The lowest BCUT2D eigenvalue weighted by Crippen LogP contribution is -2.24. The van der Waals surface area contributed by atoms with Gasteiger partial charge in [0.1, 0.15) is 12.4 Å². The predicted molar refractivity (Wildman–Crippen MR) is 157 cm³/mol. The minimum atomic E-state index is -0.936. The van der Waals surface area contributed by atoms with Crippen LogP contribution in [-0.2, 0) is 17.8 Å². The van der Waals surface area contributed by atoms with E-state index in [1.165, 1.54) is 0 Å². The fourth-order valence-electron chi connectivity index (χ4n) is 4.39. The van der Waals surface area contributed by atoms with E-state index >= 15 is 0 Å². The number of pyridine rings is 1. The van der Waals surface area contributed by atoms with Crippen molar-refractivity contribution in [1.82, 2.24) is 4.98 Å². The van der Waals surface area contributed by atoms with Gasteiger partial charge in [0.05, 0.1) is 16.8 Å². The van der Waals surface area contributed by atoms with Crippen molar-refractivity contribution >= 4 is 46.1 Å². The summed E-state index contributed by atoms with van der Waals surface area (Å²) in [5.41, 5.74) is 9.35. The zero-order valence-corrected chi connectivity index (χ0v) is 23.3. The number of primary amides is 1. The van der Waals surface area contributed by atoms with Gasteiger partial charge in [-0.25, -0.2) is 9.78 Å². The Labute approximate surface area is 237 Å². The summed E-state index contributed by atoms with van der Waals surface area (Å²) in [6.07, 6.45) is 1.95. The van der Waals surface area contributed by atoms with Crippen LogP contribution in [0.5, 0.6) is 5.75 Å². The van der Waals surface area contributed by atoms with Gasteiger partial charge in [-0.2, -0.15) is 11.8 Å². The van der Waals surface area contributed by atoms with Crippen LogP contribution in [0.1, 0.15) is 52.2 Å². The number of fused-ring (bicyclic) bond motifs is 1. The average Bonchev–Trinajstić information content (AvgIpc) is 2.93. The van der Waals surface area contributed by atoms with Crippen LogP contribution in [-0.4, -0.2) is 27.7 Å². The van der Waals surface area contributed by atoms with Gasteiger partial charge in [0.2, 0.25) is 5.91 Å². The highest BCUT2D eigenvalue weighted by Gasteiger charge is 2.20. The summed E-state index contributed by atoms with van der Waals surface area (Å²) < 4.78 is 6.10. The number of carboxylic acid groups (broad SMARTS) is 1. The fourth-order valence-corrected chi connectivity index (χ4v) is 6.04. The number of carbonyl (C=O) groups is 2. The van der Waals surface area contributed by atoms with Crippen LogP contribution in [0.4, 0.5) is 0 Å². The second-order valence-corrected chi connectivity index (χ2v) is 11.0. The SMILES string of the molecule is CCC(CSC(CCc1ccccc1C(=O)O)c1cccc(OCc2ccc3ccc(Cl)cc3n2)c1)C(N)=O. The minimum absolute atomic E-state index is 0.0183. The summed E-state index contributed by atoms with van der Waals surface area (Å²) in [6, 6.07) is 24.5. The van der Waals surface area contributed by atoms with Crippen molar-refractivity contribution in [2.24, 2.45) is 11.7 Å². The molecule has 1 heterocycles. The average molecular weight is 563 g/mol. The molecule has 4 rings (SSSR count). The highest BCUT2D eigenvalue weighted by atomic mass is 35.5. The molecule has 0 saturated carbocycles. The molecular formula is C31H31ClN2O4S. The maximum Gasteiger partial charge on any atom is 0.335 e. The monoisotopic (exact) mass is 562 g/mol. The molecule has 2 atom stereocenters. The largest absolute Gasteiger partial charge is 0.487 e. The van der Waals surface area contributed by atoms with Crippen molar-refractivity contribution in [3.8, 4) is 5.75 Å². The van der Waals surface area contributed by atoms with Gasteiger partial charge >= 0.3 is 5.97 Å². The minimum Gasteiger partial charge on any atom is -0.487 e. The first-order valence-electron chi connectivity index (χ1n) is 12.8. The number of nitrogens with two attached hydrogens (primary N) is 1. The fraction of sp³-hybridized carbons (Fsp3) is 0.258. The quantitative estimate of drug-likeness (QED) is 0.180. The molecule has 0 aliphatic carbocycles. The molecule has 8 heteroatoms. The Morgan fingerprint density at radius 2 is 1.85 bits per heavy atom. The number of aromatic carboxylic acids is 1. The van der Waals surface area contributed by atoms with Crippen LogP contribution in [0.25, 0.3) is 10.9 Å². The standard InChI is InChI=1S/C31H31ClN2O4S/c1-2-20(30(33)35)19-39-29(15-12-21-6-3-4-9-27(21)31(36)37)23-7-5-8-26(16-23)38-18-25-14-11-22-10-13-24(32)17-28(22)34-25/h3-11,13-14,16-17,20,29H,2,12,15,18-19H2,1H3,(H2,33,35)(H,36,37). The number of carbonyl (C=O) groups excluding carboxylic acids is 1. The lowest BCUT2D eigenvalue weighted by atomic mass is 9.99. The molecule has 0 aliphatic heterocycles. The van der Waals surface area contributed by atoms with Crippen LogP contribution < -0.4 is 10.5 Å². The summed E-state index contributed by atoms with van der Waals surface area (Å²) in [5.74, 6) is -0.170. The molecule has 3 aromatic carbocycles. The number of thioether (sulfide) groups is 1. The number of nitrogens with zero attached hydrogens (tertiary/aromatic N) is 1. The number of rotatable bonds is 13. The molecule has 0 bridgehead atoms. The van der Waals surface area contributed by atoms with E-state index in [4.69, 9.17) is 22.1 Å². The van der Waals surface area contributed by atoms with Gasteiger partial charge in [-0.15, -0.1) is 0 Å². The van der Waals surface area contributed by atoms with Gasteiger partial charge < -0.3 is 15.6 Å². The molecule has 0 saturated heterocycles. The molecule has 1 aromatic heterocycles. The Balaban J connectivity index is 1.51. The maximum absolute atomic E-state index is 11.9. The maximum atomic E-state index is 11.9. The van der Waals surface area contributed by atoms with Crippen molar-refractivity contribution in [3.05, 3.63) is 106 Å². The van der Waals surface area contributed by atoms with Crippen molar-refractivity contribution < 1.29 is 19.4 Å². The summed E-state index contributed by atoms with van der Waals surface area (Å²) in [5, 5.41) is 11.3. The van der Waals surface area contributed by atoms with E-state index in [1.54, 1.807) is 23.9 Å². The molecule has 3 N–H and O–H groups in total. The number of amides is 1. The molecule has 6 nitrogen and oxygen atoms in total. The van der Waals surface area contributed by atoms with Crippen molar-refractivity contribution in [2.75, 3.05) is 5.75 Å². The van der Waals surface area contributed by atoms with E-state index in [-0.39, 0.29) is 17.1 Å². The molecule has 0 fully saturated rings. The van der Waals surface area contributed by atoms with Crippen molar-refractivity contribution in [2.45, 2.75) is 38.0 Å². The normalized spacial score (nSPS) is 12.7. The second-order valence-electron chi connectivity index (χ2n) is 9.33. The smallest absolute Gasteiger partial charge is 0.335 e. The Morgan fingerprint density at radius 1 is 1.05 bits per heavy atom. The van der Waals surface area contributed by atoms with Crippen molar-refractivity contribution in [3.63, 3.8) is 0 Å². The van der Waals surface area contributed by atoms with Crippen LogP contribution in [0.2, 0.25) is 5.02 Å². The third-order valence-corrected chi connectivity index (χ3v) is 8.39. The Kier molecular flexibility index (Phi) is 9.85. The lowest BCUT2D eigenvalue weighted by Gasteiger charge is -2.21. The van der Waals surface area contributed by atoms with Crippen LogP contribution in [0.3, 0.4) is 0 Å². The van der Waals surface area contributed by atoms with E-state index in [0.29, 0.717) is 48.0 Å². The van der Waals surface area contributed by atoms with Crippen LogP contribution >= 0.6 is 23.4 Å². The zero-order chi connectivity index (χ0) is 27.8. The molecule has 0 spiro atoms. The lowest BCUT2D eigenvalue weighted by molar-refractivity contribution is -0.121. The first-order valence-corrected chi connectivity index (χ1v) is 14.3.